The molecule has 1 N–H and O–H groups in total. The van der Waals surface area contributed by atoms with Crippen molar-refractivity contribution in [3.8, 4) is 0 Å². The summed E-state index contributed by atoms with van der Waals surface area (Å²) < 4.78 is 0. The Morgan fingerprint density at radius 3 is 2.91 bits per heavy atom. The van der Waals surface area contributed by atoms with Crippen LogP contribution in [0.15, 0.2) is 41.8 Å². The van der Waals surface area contributed by atoms with Crippen molar-refractivity contribution in [2.24, 2.45) is 0 Å². The van der Waals surface area contributed by atoms with E-state index < -0.39 is 0 Å². The Morgan fingerprint density at radius 1 is 1.27 bits per heavy atom. The molecule has 4 nitrogen and oxygen atoms in total. The lowest BCUT2D eigenvalue weighted by atomic mass is 10.1. The minimum atomic E-state index is -0.0806. The van der Waals surface area contributed by atoms with E-state index in [-0.39, 0.29) is 11.8 Å². The molecule has 1 aromatic carbocycles. The van der Waals surface area contributed by atoms with Gasteiger partial charge in [-0.1, -0.05) is 18.2 Å². The lowest BCUT2D eigenvalue weighted by Crippen LogP contribution is -2.25. The van der Waals surface area contributed by atoms with Gasteiger partial charge < -0.3 is 10.2 Å². The Balaban J connectivity index is 1.62. The SMILES string of the molecule is O=C(NCc1cccs1)c1cccc(CN2CCCC2=O)c1. The summed E-state index contributed by atoms with van der Waals surface area (Å²) in [5, 5.41) is 4.92. The zero-order valence-corrected chi connectivity index (χ0v) is 13.1. The number of carbonyl (C=O) groups is 2. The molecule has 5 heteroatoms. The zero-order chi connectivity index (χ0) is 15.4. The Morgan fingerprint density at radius 2 is 2.18 bits per heavy atom. The van der Waals surface area contributed by atoms with Crippen molar-refractivity contribution in [2.75, 3.05) is 6.54 Å². The quantitative estimate of drug-likeness (QED) is 0.922. The lowest BCUT2D eigenvalue weighted by Gasteiger charge is -2.16. The predicted octanol–water partition coefficient (Wildman–Crippen LogP) is 2.80. The number of likely N-dealkylation sites (tertiary alicyclic amines) is 1. The summed E-state index contributed by atoms with van der Waals surface area (Å²) >= 11 is 1.63. The van der Waals surface area contributed by atoms with Gasteiger partial charge in [-0.2, -0.15) is 0 Å². The second-order valence-corrected chi connectivity index (χ2v) is 6.41. The molecule has 1 aliphatic heterocycles. The Hall–Kier alpha value is -2.14. The summed E-state index contributed by atoms with van der Waals surface area (Å²) in [4.78, 5) is 26.9. The van der Waals surface area contributed by atoms with Crippen molar-refractivity contribution in [2.45, 2.75) is 25.9 Å². The van der Waals surface area contributed by atoms with Crippen LogP contribution in [0.5, 0.6) is 0 Å². The standard InChI is InChI=1S/C17H18N2O2S/c20-16-7-2-8-19(16)12-13-4-1-5-14(10-13)17(21)18-11-15-6-3-9-22-15/h1,3-6,9-10H,2,7-8,11-12H2,(H,18,21). The van der Waals surface area contributed by atoms with Crippen LogP contribution in [-0.2, 0) is 17.9 Å². The van der Waals surface area contributed by atoms with Gasteiger partial charge in [0.2, 0.25) is 5.91 Å². The monoisotopic (exact) mass is 314 g/mol. The van der Waals surface area contributed by atoms with Crippen molar-refractivity contribution in [1.29, 1.82) is 0 Å². The molecular formula is C17H18N2O2S. The number of benzene rings is 1. The minimum Gasteiger partial charge on any atom is -0.347 e. The van der Waals surface area contributed by atoms with Crippen molar-refractivity contribution in [3.05, 3.63) is 57.8 Å². The first kappa shape index (κ1) is 14.8. The summed E-state index contributed by atoms with van der Waals surface area (Å²) in [5.41, 5.74) is 1.64. The summed E-state index contributed by atoms with van der Waals surface area (Å²) in [6, 6.07) is 11.5. The molecule has 2 heterocycles. The van der Waals surface area contributed by atoms with Crippen LogP contribution < -0.4 is 5.32 Å². The highest BCUT2D eigenvalue weighted by molar-refractivity contribution is 7.09. The molecule has 0 bridgehead atoms. The van der Waals surface area contributed by atoms with E-state index in [2.05, 4.69) is 5.32 Å². The molecule has 2 amide bonds. The molecule has 114 valence electrons. The molecule has 0 radical (unpaired) electrons. The lowest BCUT2D eigenvalue weighted by molar-refractivity contribution is -0.128. The number of amides is 2. The molecule has 1 fully saturated rings. The van der Waals surface area contributed by atoms with Gasteiger partial charge in [0.1, 0.15) is 0 Å². The van der Waals surface area contributed by atoms with Gasteiger partial charge in [0.25, 0.3) is 5.91 Å². The van der Waals surface area contributed by atoms with E-state index in [1.807, 2.05) is 40.6 Å². The molecule has 0 saturated carbocycles. The first-order valence-corrected chi connectivity index (χ1v) is 8.27. The van der Waals surface area contributed by atoms with Crippen molar-refractivity contribution >= 4 is 23.2 Å². The first-order valence-electron chi connectivity index (χ1n) is 7.40. The Kier molecular flexibility index (Phi) is 4.53. The molecule has 3 rings (SSSR count). The summed E-state index contributed by atoms with van der Waals surface area (Å²) in [7, 11) is 0. The summed E-state index contributed by atoms with van der Waals surface area (Å²) in [6.45, 7) is 1.95. The molecule has 0 atom stereocenters. The normalized spacial score (nSPS) is 14.4. The number of hydrogen-bond donors (Lipinski definition) is 1. The second kappa shape index (κ2) is 6.75. The maximum Gasteiger partial charge on any atom is 0.251 e. The fourth-order valence-electron chi connectivity index (χ4n) is 2.59. The third kappa shape index (κ3) is 3.54. The van der Waals surface area contributed by atoms with Crippen molar-refractivity contribution in [3.63, 3.8) is 0 Å². The Labute approximate surface area is 133 Å². The third-order valence-electron chi connectivity index (χ3n) is 3.74. The van der Waals surface area contributed by atoms with E-state index in [4.69, 9.17) is 0 Å². The van der Waals surface area contributed by atoms with E-state index in [1.54, 1.807) is 17.4 Å². The summed E-state index contributed by atoms with van der Waals surface area (Å²) in [6.07, 6.45) is 1.57. The van der Waals surface area contributed by atoms with Crippen molar-refractivity contribution < 1.29 is 9.59 Å². The van der Waals surface area contributed by atoms with Gasteiger partial charge in [-0.3, -0.25) is 9.59 Å². The number of nitrogens with zero attached hydrogens (tertiary/aromatic N) is 1. The van der Waals surface area contributed by atoms with Crippen LogP contribution in [0.3, 0.4) is 0 Å². The van der Waals surface area contributed by atoms with Gasteiger partial charge in [-0.05, 0) is 35.6 Å². The maximum absolute atomic E-state index is 12.2. The van der Waals surface area contributed by atoms with Gasteiger partial charge in [-0.25, -0.2) is 0 Å². The van der Waals surface area contributed by atoms with E-state index in [0.29, 0.717) is 25.1 Å². The average Bonchev–Trinajstić information content (AvgIpc) is 3.18. The maximum atomic E-state index is 12.2. The molecule has 2 aromatic rings. The van der Waals surface area contributed by atoms with E-state index in [0.717, 1.165) is 23.4 Å². The van der Waals surface area contributed by atoms with Crippen LogP contribution in [-0.4, -0.2) is 23.3 Å². The van der Waals surface area contributed by atoms with E-state index in [9.17, 15) is 9.59 Å². The highest BCUT2D eigenvalue weighted by atomic mass is 32.1. The van der Waals surface area contributed by atoms with Crippen molar-refractivity contribution in [1.82, 2.24) is 10.2 Å². The van der Waals surface area contributed by atoms with Gasteiger partial charge in [0.05, 0.1) is 6.54 Å². The van der Waals surface area contributed by atoms with Crippen LogP contribution in [0.1, 0.15) is 33.6 Å². The molecular weight excluding hydrogens is 296 g/mol. The number of rotatable bonds is 5. The number of nitrogens with one attached hydrogen (secondary N) is 1. The van der Waals surface area contributed by atoms with E-state index >= 15 is 0 Å². The van der Waals surface area contributed by atoms with Crippen LogP contribution >= 0.6 is 11.3 Å². The number of carbonyl (C=O) groups excluding carboxylic acids is 2. The van der Waals surface area contributed by atoms with Gasteiger partial charge in [0.15, 0.2) is 0 Å². The van der Waals surface area contributed by atoms with Crippen LogP contribution in [0.25, 0.3) is 0 Å². The molecule has 1 saturated heterocycles. The largest absolute Gasteiger partial charge is 0.347 e. The molecule has 22 heavy (non-hydrogen) atoms. The Bertz CT molecular complexity index is 667. The highest BCUT2D eigenvalue weighted by Crippen LogP contribution is 2.15. The molecule has 1 aliphatic rings. The zero-order valence-electron chi connectivity index (χ0n) is 12.2. The highest BCUT2D eigenvalue weighted by Gasteiger charge is 2.20. The average molecular weight is 314 g/mol. The predicted molar refractivity (Wildman–Crippen MR) is 86.6 cm³/mol. The number of hydrogen-bond acceptors (Lipinski definition) is 3. The fraction of sp³-hybridized carbons (Fsp3) is 0.294. The summed E-state index contributed by atoms with van der Waals surface area (Å²) in [5.74, 6) is 0.121. The topological polar surface area (TPSA) is 49.4 Å². The molecule has 0 aliphatic carbocycles. The van der Waals surface area contributed by atoms with E-state index in [1.165, 1.54) is 0 Å². The first-order chi connectivity index (χ1) is 10.7. The second-order valence-electron chi connectivity index (χ2n) is 5.38. The molecule has 0 unspecified atom stereocenters. The number of thiophene rings is 1. The van der Waals surface area contributed by atoms with Gasteiger partial charge in [-0.15, -0.1) is 11.3 Å². The van der Waals surface area contributed by atoms with Gasteiger partial charge >= 0.3 is 0 Å². The van der Waals surface area contributed by atoms with Crippen LogP contribution in [0.2, 0.25) is 0 Å². The third-order valence-corrected chi connectivity index (χ3v) is 4.61. The van der Waals surface area contributed by atoms with Crippen LogP contribution in [0.4, 0.5) is 0 Å². The van der Waals surface area contributed by atoms with Gasteiger partial charge in [0, 0.05) is 30.0 Å². The fourth-order valence-corrected chi connectivity index (χ4v) is 3.23. The molecule has 0 spiro atoms. The minimum absolute atomic E-state index is 0.0806. The van der Waals surface area contributed by atoms with Crippen LogP contribution in [0, 0.1) is 0 Å². The smallest absolute Gasteiger partial charge is 0.251 e. The molecule has 1 aromatic heterocycles.